The number of carbonyl (C=O) groups excluding carboxylic acids is 1. The van der Waals surface area contributed by atoms with Gasteiger partial charge in [0.25, 0.3) is 9.05 Å². The Kier molecular flexibility index (Phi) is 4.89. The van der Waals surface area contributed by atoms with Crippen LogP contribution < -0.4 is 0 Å². The van der Waals surface area contributed by atoms with Gasteiger partial charge in [0, 0.05) is 10.7 Å². The molecule has 0 saturated heterocycles. The van der Waals surface area contributed by atoms with E-state index in [1.165, 1.54) is 0 Å². The van der Waals surface area contributed by atoms with Gasteiger partial charge >= 0.3 is 5.97 Å². The molecule has 72 valence electrons. The number of esters is 1. The lowest BCUT2D eigenvalue weighted by Gasteiger charge is -2.04. The molecule has 12 heavy (non-hydrogen) atoms. The minimum Gasteiger partial charge on any atom is -0.464 e. The summed E-state index contributed by atoms with van der Waals surface area (Å²) < 4.78 is 23.6. The minimum atomic E-state index is -4.07. The summed E-state index contributed by atoms with van der Waals surface area (Å²) >= 11 is 5.15. The van der Waals surface area contributed by atoms with E-state index in [4.69, 9.17) is 22.3 Å². The van der Waals surface area contributed by atoms with Crippen molar-refractivity contribution < 1.29 is 17.9 Å². The molecule has 0 radical (unpaired) electrons. The number of hydrogen-bond donors (Lipinski definition) is 0. The van der Waals surface area contributed by atoms with Crippen LogP contribution in [0.1, 0.15) is 13.3 Å². The molecule has 1 unspecified atom stereocenters. The third kappa shape index (κ3) is 4.13. The summed E-state index contributed by atoms with van der Waals surface area (Å²) in [5.74, 6) is -1.03. The van der Waals surface area contributed by atoms with Gasteiger partial charge in [0.15, 0.2) is 0 Å². The molecule has 0 aromatic heterocycles. The van der Waals surface area contributed by atoms with Crippen LogP contribution in [0.4, 0.5) is 0 Å². The zero-order chi connectivity index (χ0) is 9.78. The summed E-state index contributed by atoms with van der Waals surface area (Å²) in [6.45, 7) is 1.90. The molecule has 4 nitrogen and oxygen atoms in total. The van der Waals surface area contributed by atoms with E-state index in [2.05, 4.69) is 4.74 Å². The summed E-state index contributed by atoms with van der Waals surface area (Å²) in [4.78, 5) is 10.7. The highest BCUT2D eigenvalue weighted by molar-refractivity contribution is 8.15. The fraction of sp³-hybridized carbons (Fsp3) is 0.800. The standard InChI is InChI=1S/C5H8Cl2O4S/c1-2-3-11-5(8)4(6)12(7,9)10/h4H,2-3H2,1H3. The smallest absolute Gasteiger partial charge is 0.341 e. The van der Waals surface area contributed by atoms with Gasteiger partial charge in [0.2, 0.25) is 4.71 Å². The van der Waals surface area contributed by atoms with Crippen LogP contribution in [0.15, 0.2) is 0 Å². The predicted molar refractivity (Wildman–Crippen MR) is 45.7 cm³/mol. The van der Waals surface area contributed by atoms with Gasteiger partial charge in [-0.05, 0) is 6.42 Å². The lowest BCUT2D eigenvalue weighted by molar-refractivity contribution is -0.141. The van der Waals surface area contributed by atoms with Crippen molar-refractivity contribution in [2.24, 2.45) is 0 Å². The fourth-order valence-corrected chi connectivity index (χ4v) is 0.962. The number of alkyl halides is 1. The van der Waals surface area contributed by atoms with Crippen LogP contribution in [-0.2, 0) is 18.6 Å². The highest BCUT2D eigenvalue weighted by Gasteiger charge is 2.29. The molecule has 0 aliphatic rings. The van der Waals surface area contributed by atoms with Gasteiger partial charge in [-0.15, -0.1) is 0 Å². The van der Waals surface area contributed by atoms with Crippen molar-refractivity contribution >= 4 is 37.3 Å². The van der Waals surface area contributed by atoms with Crippen molar-refractivity contribution in [2.45, 2.75) is 18.1 Å². The Morgan fingerprint density at radius 1 is 1.58 bits per heavy atom. The van der Waals surface area contributed by atoms with Gasteiger partial charge in [-0.2, -0.15) is 0 Å². The maximum atomic E-state index is 10.7. The van der Waals surface area contributed by atoms with Crippen molar-refractivity contribution in [3.63, 3.8) is 0 Å². The number of rotatable bonds is 4. The molecule has 0 heterocycles. The highest BCUT2D eigenvalue weighted by atomic mass is 35.7. The Bertz CT molecular complexity index is 248. The second-order valence-electron chi connectivity index (χ2n) is 1.96. The van der Waals surface area contributed by atoms with Gasteiger partial charge < -0.3 is 4.74 Å². The van der Waals surface area contributed by atoms with E-state index in [0.717, 1.165) is 0 Å². The van der Waals surface area contributed by atoms with Crippen molar-refractivity contribution in [2.75, 3.05) is 6.61 Å². The Hall–Kier alpha value is -0.000000000000000111. The molecule has 0 spiro atoms. The summed E-state index contributed by atoms with van der Waals surface area (Å²) in [6.07, 6.45) is 0.595. The molecule has 0 aliphatic heterocycles. The zero-order valence-corrected chi connectivity index (χ0v) is 8.62. The molecule has 0 aromatic carbocycles. The number of carbonyl (C=O) groups is 1. The lowest BCUT2D eigenvalue weighted by Crippen LogP contribution is -2.23. The Balaban J connectivity index is 4.12. The summed E-state index contributed by atoms with van der Waals surface area (Å²) in [7, 11) is 0.727. The molecule has 1 atom stereocenters. The van der Waals surface area contributed by atoms with Crippen LogP contribution in [0.5, 0.6) is 0 Å². The molecule has 0 aliphatic carbocycles. The lowest BCUT2D eigenvalue weighted by atomic mass is 10.5. The molecular formula is C5H8Cl2O4S. The molecule has 0 fully saturated rings. The van der Waals surface area contributed by atoms with E-state index in [1.54, 1.807) is 6.92 Å². The van der Waals surface area contributed by atoms with Crippen LogP contribution in [0.25, 0.3) is 0 Å². The molecular weight excluding hydrogens is 227 g/mol. The van der Waals surface area contributed by atoms with E-state index >= 15 is 0 Å². The van der Waals surface area contributed by atoms with E-state index in [0.29, 0.717) is 6.42 Å². The molecule has 0 amide bonds. The SMILES string of the molecule is CCCOC(=O)C(Cl)S(=O)(=O)Cl. The van der Waals surface area contributed by atoms with E-state index < -0.39 is 19.7 Å². The third-order valence-electron chi connectivity index (χ3n) is 0.881. The van der Waals surface area contributed by atoms with E-state index in [-0.39, 0.29) is 6.61 Å². The average molecular weight is 235 g/mol. The highest BCUT2D eigenvalue weighted by Crippen LogP contribution is 2.13. The number of ether oxygens (including phenoxy) is 1. The van der Waals surface area contributed by atoms with Crippen molar-refractivity contribution in [3.8, 4) is 0 Å². The summed E-state index contributed by atoms with van der Waals surface area (Å²) in [5, 5.41) is 0. The van der Waals surface area contributed by atoms with Gasteiger partial charge in [-0.3, -0.25) is 0 Å². The molecule has 0 rings (SSSR count). The van der Waals surface area contributed by atoms with Crippen LogP contribution in [0, 0.1) is 0 Å². The molecule has 0 bridgehead atoms. The summed E-state index contributed by atoms with van der Waals surface area (Å²) in [6, 6.07) is 0. The van der Waals surface area contributed by atoms with Crippen LogP contribution in [-0.4, -0.2) is 25.7 Å². The molecule has 0 aromatic rings. The van der Waals surface area contributed by atoms with Gasteiger partial charge in [-0.25, -0.2) is 13.2 Å². The third-order valence-corrected chi connectivity index (χ3v) is 3.26. The van der Waals surface area contributed by atoms with Crippen LogP contribution >= 0.6 is 22.3 Å². The molecule has 7 heteroatoms. The van der Waals surface area contributed by atoms with Crippen molar-refractivity contribution in [1.82, 2.24) is 0 Å². The van der Waals surface area contributed by atoms with E-state index in [1.807, 2.05) is 0 Å². The zero-order valence-electron chi connectivity index (χ0n) is 6.29. The van der Waals surface area contributed by atoms with Gasteiger partial charge in [-0.1, -0.05) is 18.5 Å². The first-order chi connectivity index (χ1) is 5.39. The Morgan fingerprint density at radius 3 is 2.42 bits per heavy atom. The normalized spacial score (nSPS) is 13.9. The Labute approximate surface area is 80.2 Å². The predicted octanol–water partition coefficient (Wildman–Crippen LogP) is 1.07. The maximum absolute atomic E-state index is 10.7. The second kappa shape index (κ2) is 4.89. The topological polar surface area (TPSA) is 60.4 Å². The van der Waals surface area contributed by atoms with Crippen molar-refractivity contribution in [3.05, 3.63) is 0 Å². The quantitative estimate of drug-likeness (QED) is 0.415. The van der Waals surface area contributed by atoms with Crippen LogP contribution in [0.3, 0.4) is 0 Å². The van der Waals surface area contributed by atoms with Gasteiger partial charge in [0.1, 0.15) is 0 Å². The monoisotopic (exact) mass is 234 g/mol. The van der Waals surface area contributed by atoms with Gasteiger partial charge in [0.05, 0.1) is 6.61 Å². The van der Waals surface area contributed by atoms with E-state index in [9.17, 15) is 13.2 Å². The largest absolute Gasteiger partial charge is 0.464 e. The van der Waals surface area contributed by atoms with Crippen molar-refractivity contribution in [1.29, 1.82) is 0 Å². The first-order valence-corrected chi connectivity index (χ1v) is 5.94. The second-order valence-corrected chi connectivity index (χ2v) is 5.37. The van der Waals surface area contributed by atoms with Crippen LogP contribution in [0.2, 0.25) is 0 Å². The molecule has 0 saturated carbocycles. The first-order valence-electron chi connectivity index (χ1n) is 3.13. The Morgan fingerprint density at radius 2 is 2.08 bits per heavy atom. The fourth-order valence-electron chi connectivity index (χ4n) is 0.383. The molecule has 0 N–H and O–H groups in total. The number of hydrogen-bond acceptors (Lipinski definition) is 4. The average Bonchev–Trinajstić information content (AvgIpc) is 1.97. The minimum absolute atomic E-state index is 0.133. The number of halogens is 2. The first kappa shape index (κ1) is 12.0. The maximum Gasteiger partial charge on any atom is 0.341 e. The summed E-state index contributed by atoms with van der Waals surface area (Å²) in [5.41, 5.74) is 0.